The summed E-state index contributed by atoms with van der Waals surface area (Å²) in [5, 5.41) is 0.0954. The molecule has 0 amide bonds. The Morgan fingerprint density at radius 2 is 1.92 bits per heavy atom. The average Bonchev–Trinajstić information content (AvgIpc) is 2.64. The highest BCUT2D eigenvalue weighted by Gasteiger charge is 2.22. The molecule has 1 aromatic heterocycles. The van der Waals surface area contributed by atoms with Gasteiger partial charge in [0.25, 0.3) is 0 Å². The van der Waals surface area contributed by atoms with Crippen molar-refractivity contribution in [3.63, 3.8) is 0 Å². The highest BCUT2D eigenvalue weighted by atomic mass is 35.5. The van der Waals surface area contributed by atoms with Crippen LogP contribution in [0.25, 0.3) is 0 Å². The van der Waals surface area contributed by atoms with E-state index in [-0.39, 0.29) is 5.28 Å². The van der Waals surface area contributed by atoms with Gasteiger partial charge in [-0.25, -0.2) is 9.97 Å². The van der Waals surface area contributed by atoms with Gasteiger partial charge in [-0.1, -0.05) is 30.3 Å². The number of hydrogen-bond donors (Lipinski definition) is 0. The van der Waals surface area contributed by atoms with E-state index in [9.17, 15) is 4.79 Å². The van der Waals surface area contributed by atoms with E-state index in [2.05, 4.69) is 31.9 Å². The first kappa shape index (κ1) is 17.8. The second kappa shape index (κ2) is 8.38. The minimum Gasteiger partial charge on any atom is -0.378 e. The van der Waals surface area contributed by atoms with Gasteiger partial charge in [0.15, 0.2) is 6.29 Å². The van der Waals surface area contributed by atoms with E-state index in [1.165, 1.54) is 5.56 Å². The molecule has 132 valence electrons. The van der Waals surface area contributed by atoms with Crippen molar-refractivity contribution in [1.82, 2.24) is 14.9 Å². The van der Waals surface area contributed by atoms with Gasteiger partial charge in [0.1, 0.15) is 11.5 Å². The lowest BCUT2D eigenvalue weighted by atomic mass is 10.1. The summed E-state index contributed by atoms with van der Waals surface area (Å²) in [5.74, 6) is 0.727. The third-order valence-electron chi connectivity index (χ3n) is 4.14. The Bertz CT molecular complexity index is 721. The van der Waals surface area contributed by atoms with Crippen molar-refractivity contribution in [2.75, 3.05) is 38.3 Å². The van der Waals surface area contributed by atoms with Gasteiger partial charge in [0.05, 0.1) is 13.2 Å². The minimum atomic E-state index is 0.0954. The first-order valence-electron chi connectivity index (χ1n) is 8.24. The first-order chi connectivity index (χ1) is 12.2. The minimum absolute atomic E-state index is 0.0954. The second-order valence-electron chi connectivity index (χ2n) is 6.06. The number of aromatic nitrogens is 2. The molecule has 25 heavy (non-hydrogen) atoms. The van der Waals surface area contributed by atoms with Crippen LogP contribution in [-0.4, -0.2) is 54.5 Å². The molecular formula is C18H21ClN4O2. The van der Waals surface area contributed by atoms with E-state index in [0.717, 1.165) is 37.3 Å². The van der Waals surface area contributed by atoms with E-state index in [4.69, 9.17) is 16.3 Å². The van der Waals surface area contributed by atoms with Gasteiger partial charge in [0, 0.05) is 31.7 Å². The van der Waals surface area contributed by atoms with Crippen LogP contribution in [-0.2, 0) is 17.8 Å². The highest BCUT2D eigenvalue weighted by molar-refractivity contribution is 6.28. The topological polar surface area (TPSA) is 58.6 Å². The molecule has 0 atom stereocenters. The quantitative estimate of drug-likeness (QED) is 0.582. The standard InChI is InChI=1S/C18H21ClN4O2/c1-22(11-14-5-3-2-4-6-14)12-15-16(13-24)20-18(19)21-17(15)23-7-9-25-10-8-23/h2-6,13H,7-12H2,1H3. The van der Waals surface area contributed by atoms with Crippen molar-refractivity contribution in [3.8, 4) is 0 Å². The largest absolute Gasteiger partial charge is 0.378 e. The van der Waals surface area contributed by atoms with Crippen molar-refractivity contribution in [3.05, 3.63) is 52.4 Å². The van der Waals surface area contributed by atoms with Crippen molar-refractivity contribution < 1.29 is 9.53 Å². The van der Waals surface area contributed by atoms with Gasteiger partial charge in [-0.2, -0.15) is 0 Å². The molecule has 0 aliphatic carbocycles. The highest BCUT2D eigenvalue weighted by Crippen LogP contribution is 2.25. The molecule has 1 fully saturated rings. The molecule has 0 spiro atoms. The van der Waals surface area contributed by atoms with E-state index in [1.807, 2.05) is 25.2 Å². The van der Waals surface area contributed by atoms with Crippen LogP contribution in [0.2, 0.25) is 5.28 Å². The summed E-state index contributed by atoms with van der Waals surface area (Å²) in [5.41, 5.74) is 2.36. The molecule has 0 bridgehead atoms. The van der Waals surface area contributed by atoms with Gasteiger partial charge in [-0.3, -0.25) is 9.69 Å². The van der Waals surface area contributed by atoms with Gasteiger partial charge in [-0.05, 0) is 24.2 Å². The summed E-state index contributed by atoms with van der Waals surface area (Å²) >= 11 is 6.03. The van der Waals surface area contributed by atoms with Crippen molar-refractivity contribution in [2.24, 2.45) is 0 Å². The zero-order chi connectivity index (χ0) is 17.6. The molecular weight excluding hydrogens is 340 g/mol. The Hall–Kier alpha value is -2.02. The Labute approximate surface area is 152 Å². The Kier molecular flexibility index (Phi) is 5.96. The number of ether oxygens (including phenoxy) is 1. The predicted octanol–water partition coefficient (Wildman–Crippen LogP) is 2.41. The van der Waals surface area contributed by atoms with E-state index in [0.29, 0.717) is 25.5 Å². The zero-order valence-corrected chi connectivity index (χ0v) is 14.9. The second-order valence-corrected chi connectivity index (χ2v) is 6.39. The Balaban J connectivity index is 1.86. The van der Waals surface area contributed by atoms with Gasteiger partial charge in [0.2, 0.25) is 5.28 Å². The fourth-order valence-electron chi connectivity index (χ4n) is 2.97. The molecule has 0 radical (unpaired) electrons. The predicted molar refractivity (Wildman–Crippen MR) is 97.1 cm³/mol. The molecule has 0 N–H and O–H groups in total. The monoisotopic (exact) mass is 360 g/mol. The van der Waals surface area contributed by atoms with E-state index in [1.54, 1.807) is 0 Å². The molecule has 0 saturated carbocycles. The van der Waals surface area contributed by atoms with Crippen LogP contribution in [0.15, 0.2) is 30.3 Å². The molecule has 1 aliphatic heterocycles. The maximum atomic E-state index is 11.5. The number of nitrogens with zero attached hydrogens (tertiary/aromatic N) is 4. The number of benzene rings is 1. The van der Waals surface area contributed by atoms with Crippen LogP contribution < -0.4 is 4.90 Å². The third kappa shape index (κ3) is 4.54. The molecule has 3 rings (SSSR count). The fourth-order valence-corrected chi connectivity index (χ4v) is 3.14. The number of aldehydes is 1. The number of anilines is 1. The number of rotatable bonds is 6. The Morgan fingerprint density at radius 3 is 2.60 bits per heavy atom. The van der Waals surface area contributed by atoms with E-state index < -0.39 is 0 Å². The average molecular weight is 361 g/mol. The fraction of sp³-hybridized carbons (Fsp3) is 0.389. The summed E-state index contributed by atoms with van der Waals surface area (Å²) in [6.07, 6.45) is 0.753. The summed E-state index contributed by atoms with van der Waals surface area (Å²) in [6, 6.07) is 10.2. The lowest BCUT2D eigenvalue weighted by Gasteiger charge is -2.30. The third-order valence-corrected chi connectivity index (χ3v) is 4.30. The number of hydrogen-bond acceptors (Lipinski definition) is 6. The van der Waals surface area contributed by atoms with Crippen molar-refractivity contribution >= 4 is 23.7 Å². The molecule has 2 heterocycles. The zero-order valence-electron chi connectivity index (χ0n) is 14.2. The maximum Gasteiger partial charge on any atom is 0.225 e. The van der Waals surface area contributed by atoms with Crippen LogP contribution >= 0.6 is 11.6 Å². The summed E-state index contributed by atoms with van der Waals surface area (Å²) in [6.45, 7) is 4.05. The van der Waals surface area contributed by atoms with Crippen LogP contribution in [0.5, 0.6) is 0 Å². The molecule has 1 saturated heterocycles. The SMILES string of the molecule is CN(Cc1ccccc1)Cc1c(C=O)nc(Cl)nc1N1CCOCC1. The number of morpholine rings is 1. The molecule has 6 nitrogen and oxygen atoms in total. The number of halogens is 1. The summed E-state index contributed by atoms with van der Waals surface area (Å²) < 4.78 is 5.41. The molecule has 2 aromatic rings. The molecule has 1 aliphatic rings. The normalized spacial score (nSPS) is 14.8. The van der Waals surface area contributed by atoms with E-state index >= 15 is 0 Å². The summed E-state index contributed by atoms with van der Waals surface area (Å²) in [4.78, 5) is 24.3. The number of carbonyl (C=O) groups excluding carboxylic acids is 1. The molecule has 7 heteroatoms. The van der Waals surface area contributed by atoms with Crippen LogP contribution in [0.3, 0.4) is 0 Å². The molecule has 0 unspecified atom stereocenters. The maximum absolute atomic E-state index is 11.5. The van der Waals surface area contributed by atoms with Gasteiger partial charge >= 0.3 is 0 Å². The van der Waals surface area contributed by atoms with Crippen LogP contribution in [0, 0.1) is 0 Å². The van der Waals surface area contributed by atoms with Gasteiger partial charge < -0.3 is 9.64 Å². The lowest BCUT2D eigenvalue weighted by Crippen LogP contribution is -2.38. The molecule has 1 aromatic carbocycles. The summed E-state index contributed by atoms with van der Waals surface area (Å²) in [7, 11) is 2.01. The Morgan fingerprint density at radius 1 is 1.20 bits per heavy atom. The lowest BCUT2D eigenvalue weighted by molar-refractivity contribution is 0.111. The van der Waals surface area contributed by atoms with Gasteiger partial charge in [-0.15, -0.1) is 0 Å². The smallest absolute Gasteiger partial charge is 0.225 e. The van der Waals surface area contributed by atoms with Crippen molar-refractivity contribution in [1.29, 1.82) is 0 Å². The first-order valence-corrected chi connectivity index (χ1v) is 8.62. The van der Waals surface area contributed by atoms with Crippen molar-refractivity contribution in [2.45, 2.75) is 13.1 Å². The number of carbonyl (C=O) groups is 1. The van der Waals surface area contributed by atoms with Crippen LogP contribution in [0.1, 0.15) is 21.6 Å². The van der Waals surface area contributed by atoms with Crippen LogP contribution in [0.4, 0.5) is 5.82 Å².